The fourth-order valence-electron chi connectivity index (χ4n) is 2.68. The van der Waals surface area contributed by atoms with Crippen LogP contribution in [0.4, 0.5) is 0 Å². The highest BCUT2D eigenvalue weighted by molar-refractivity contribution is 5.78. The van der Waals surface area contributed by atoms with Gasteiger partial charge in [0, 0.05) is 17.8 Å². The highest BCUT2D eigenvalue weighted by atomic mass is 16.3. The molecule has 0 aliphatic rings. The molecule has 0 aliphatic heterocycles. The molecule has 0 fully saturated rings. The van der Waals surface area contributed by atoms with E-state index in [4.69, 9.17) is 4.42 Å². The summed E-state index contributed by atoms with van der Waals surface area (Å²) in [7, 11) is 0. The van der Waals surface area contributed by atoms with Gasteiger partial charge in [-0.3, -0.25) is 0 Å². The van der Waals surface area contributed by atoms with Gasteiger partial charge in [0.2, 0.25) is 0 Å². The van der Waals surface area contributed by atoms with Gasteiger partial charge in [-0.05, 0) is 17.7 Å². The molecular formula is C18H14N2O. The van der Waals surface area contributed by atoms with Gasteiger partial charge < -0.3 is 9.40 Å². The fraction of sp³-hybridized carbons (Fsp3) is 0.0556. The smallest absolute Gasteiger partial charge is 0.134 e. The summed E-state index contributed by atoms with van der Waals surface area (Å²) in [6.07, 6.45) is 3.61. The summed E-state index contributed by atoms with van der Waals surface area (Å²) < 4.78 is 6.05. The van der Waals surface area contributed by atoms with E-state index in [0.29, 0.717) is 0 Å². The highest BCUT2D eigenvalue weighted by Crippen LogP contribution is 2.33. The van der Waals surface area contributed by atoms with E-state index in [1.165, 1.54) is 0 Å². The molecule has 3 nitrogen and oxygen atoms in total. The summed E-state index contributed by atoms with van der Waals surface area (Å²) in [6.45, 7) is 0. The van der Waals surface area contributed by atoms with Crippen LogP contribution in [0.15, 0.2) is 77.5 Å². The first-order valence-electron chi connectivity index (χ1n) is 6.94. The van der Waals surface area contributed by atoms with Crippen LogP contribution in [0.2, 0.25) is 0 Å². The number of benzene rings is 2. The van der Waals surface area contributed by atoms with Gasteiger partial charge in [-0.2, -0.15) is 0 Å². The van der Waals surface area contributed by atoms with Crippen molar-refractivity contribution < 1.29 is 4.42 Å². The Kier molecular flexibility index (Phi) is 2.82. The third-order valence-corrected chi connectivity index (χ3v) is 3.65. The van der Waals surface area contributed by atoms with Crippen LogP contribution in [0.1, 0.15) is 23.1 Å². The Bertz CT molecular complexity index is 814. The molecule has 2 heterocycles. The maximum atomic E-state index is 6.05. The lowest BCUT2D eigenvalue weighted by atomic mass is 9.95. The maximum absolute atomic E-state index is 6.05. The van der Waals surface area contributed by atoms with Crippen LogP contribution < -0.4 is 0 Å². The molecule has 0 saturated heterocycles. The van der Waals surface area contributed by atoms with Crippen molar-refractivity contribution in [1.29, 1.82) is 0 Å². The number of hydrogen-bond acceptors (Lipinski definition) is 2. The van der Waals surface area contributed by atoms with Gasteiger partial charge in [0.25, 0.3) is 0 Å². The van der Waals surface area contributed by atoms with Crippen molar-refractivity contribution in [3.63, 3.8) is 0 Å². The molecule has 4 aromatic rings. The van der Waals surface area contributed by atoms with Gasteiger partial charge >= 0.3 is 0 Å². The number of imidazole rings is 1. The Balaban J connectivity index is 1.90. The molecule has 21 heavy (non-hydrogen) atoms. The number of furan rings is 1. The van der Waals surface area contributed by atoms with E-state index >= 15 is 0 Å². The van der Waals surface area contributed by atoms with E-state index < -0.39 is 0 Å². The second-order valence-electron chi connectivity index (χ2n) is 5.00. The lowest BCUT2D eigenvalue weighted by Gasteiger charge is -2.12. The topological polar surface area (TPSA) is 41.8 Å². The molecule has 102 valence electrons. The number of hydrogen-bond donors (Lipinski definition) is 1. The summed E-state index contributed by atoms with van der Waals surface area (Å²) in [5.74, 6) is 1.77. The minimum Gasteiger partial charge on any atom is -0.460 e. The molecule has 0 amide bonds. The zero-order chi connectivity index (χ0) is 14.1. The molecule has 2 aromatic carbocycles. The molecule has 0 spiro atoms. The molecule has 0 aliphatic carbocycles. The van der Waals surface area contributed by atoms with Gasteiger partial charge in [-0.15, -0.1) is 0 Å². The Labute approximate surface area is 122 Å². The van der Waals surface area contributed by atoms with Crippen molar-refractivity contribution >= 4 is 11.0 Å². The molecule has 3 heteroatoms. The molecular weight excluding hydrogens is 260 g/mol. The first kappa shape index (κ1) is 12.0. The van der Waals surface area contributed by atoms with Crippen LogP contribution in [0.3, 0.4) is 0 Å². The fourth-order valence-corrected chi connectivity index (χ4v) is 2.68. The first-order valence-corrected chi connectivity index (χ1v) is 6.94. The Morgan fingerprint density at radius 3 is 2.52 bits per heavy atom. The number of aromatic amines is 1. The van der Waals surface area contributed by atoms with E-state index in [1.807, 2.05) is 42.6 Å². The normalized spacial score (nSPS) is 12.6. The second kappa shape index (κ2) is 4.94. The van der Waals surface area contributed by atoms with Crippen LogP contribution in [0.5, 0.6) is 0 Å². The predicted octanol–water partition coefficient (Wildman–Crippen LogP) is 4.34. The molecule has 2 aromatic heterocycles. The van der Waals surface area contributed by atoms with Gasteiger partial charge in [-0.25, -0.2) is 4.98 Å². The summed E-state index contributed by atoms with van der Waals surface area (Å²) in [4.78, 5) is 7.63. The maximum Gasteiger partial charge on any atom is 0.134 e. The lowest BCUT2D eigenvalue weighted by molar-refractivity contribution is 0.535. The molecule has 1 atom stereocenters. The molecule has 0 bridgehead atoms. The minimum absolute atomic E-state index is 0.0198. The zero-order valence-electron chi connectivity index (χ0n) is 11.4. The number of para-hydroxylation sites is 1. The number of aromatic nitrogens is 2. The lowest BCUT2D eigenvalue weighted by Crippen LogP contribution is -2.04. The summed E-state index contributed by atoms with van der Waals surface area (Å²) in [5, 5.41) is 1.11. The van der Waals surface area contributed by atoms with E-state index in [1.54, 1.807) is 6.20 Å². The predicted molar refractivity (Wildman–Crippen MR) is 82.2 cm³/mol. The monoisotopic (exact) mass is 274 g/mol. The SMILES string of the molecule is c1ccc(C(c2ncc[nH]2)c2cc3ccccc3o2)cc1. The zero-order valence-corrected chi connectivity index (χ0v) is 11.4. The number of fused-ring (bicyclic) bond motifs is 1. The molecule has 0 saturated carbocycles. The van der Waals surface area contributed by atoms with E-state index in [2.05, 4.69) is 34.2 Å². The average Bonchev–Trinajstić information content (AvgIpc) is 3.18. The van der Waals surface area contributed by atoms with Crippen LogP contribution in [0, 0.1) is 0 Å². The second-order valence-corrected chi connectivity index (χ2v) is 5.00. The number of H-pyrrole nitrogens is 1. The molecule has 1 unspecified atom stereocenters. The van der Waals surface area contributed by atoms with Gasteiger partial charge in [0.1, 0.15) is 23.1 Å². The van der Waals surface area contributed by atoms with Crippen LogP contribution in [-0.2, 0) is 0 Å². The van der Waals surface area contributed by atoms with Crippen molar-refractivity contribution in [2.45, 2.75) is 5.92 Å². The first-order chi connectivity index (χ1) is 10.4. The summed E-state index contributed by atoms with van der Waals surface area (Å²) in [6, 6.07) is 20.4. The Hall–Kier alpha value is -2.81. The van der Waals surface area contributed by atoms with Crippen LogP contribution >= 0.6 is 0 Å². The summed E-state index contributed by atoms with van der Waals surface area (Å²) in [5.41, 5.74) is 2.06. The highest BCUT2D eigenvalue weighted by Gasteiger charge is 2.22. The summed E-state index contributed by atoms with van der Waals surface area (Å²) >= 11 is 0. The number of nitrogens with one attached hydrogen (secondary N) is 1. The van der Waals surface area contributed by atoms with Crippen LogP contribution in [0.25, 0.3) is 11.0 Å². The molecule has 4 rings (SSSR count). The van der Waals surface area contributed by atoms with Crippen molar-refractivity contribution in [3.8, 4) is 0 Å². The van der Waals surface area contributed by atoms with E-state index in [9.17, 15) is 0 Å². The van der Waals surface area contributed by atoms with Gasteiger partial charge in [0.05, 0.1) is 0 Å². The third kappa shape index (κ3) is 2.13. The van der Waals surface area contributed by atoms with Crippen molar-refractivity contribution in [2.24, 2.45) is 0 Å². The number of nitrogens with zero attached hydrogens (tertiary/aromatic N) is 1. The quantitative estimate of drug-likeness (QED) is 0.604. The Morgan fingerprint density at radius 1 is 0.952 bits per heavy atom. The number of rotatable bonds is 3. The van der Waals surface area contributed by atoms with Crippen molar-refractivity contribution in [2.75, 3.05) is 0 Å². The standard InChI is InChI=1S/C18H14N2O/c1-2-6-13(7-3-1)17(18-19-10-11-20-18)16-12-14-8-4-5-9-15(14)21-16/h1-12,17H,(H,19,20). The van der Waals surface area contributed by atoms with Crippen LogP contribution in [-0.4, -0.2) is 9.97 Å². The largest absolute Gasteiger partial charge is 0.460 e. The van der Waals surface area contributed by atoms with E-state index in [-0.39, 0.29) is 5.92 Å². The van der Waals surface area contributed by atoms with Crippen molar-refractivity contribution in [3.05, 3.63) is 90.2 Å². The average molecular weight is 274 g/mol. The van der Waals surface area contributed by atoms with Gasteiger partial charge in [0.15, 0.2) is 0 Å². The van der Waals surface area contributed by atoms with E-state index in [0.717, 1.165) is 28.1 Å². The van der Waals surface area contributed by atoms with Gasteiger partial charge in [-0.1, -0.05) is 48.5 Å². The molecule has 0 radical (unpaired) electrons. The third-order valence-electron chi connectivity index (χ3n) is 3.65. The van der Waals surface area contributed by atoms with Crippen molar-refractivity contribution in [1.82, 2.24) is 9.97 Å². The minimum atomic E-state index is -0.0198. The Morgan fingerprint density at radius 2 is 1.76 bits per heavy atom. The molecule has 1 N–H and O–H groups in total.